The SMILES string of the molecule is CC(C)N1CCC(NCC2(C)CC2)CC1. The molecule has 1 heterocycles. The normalized spacial score (nSPS) is 27.2. The van der Waals surface area contributed by atoms with Gasteiger partial charge in [0.2, 0.25) is 0 Å². The quantitative estimate of drug-likeness (QED) is 0.765. The molecule has 0 spiro atoms. The van der Waals surface area contributed by atoms with Gasteiger partial charge in [-0.15, -0.1) is 0 Å². The smallest absolute Gasteiger partial charge is 0.00916 e. The average Bonchev–Trinajstić information content (AvgIpc) is 2.95. The Labute approximate surface area is 94.4 Å². The number of hydrogen-bond acceptors (Lipinski definition) is 2. The van der Waals surface area contributed by atoms with Gasteiger partial charge in [0.05, 0.1) is 0 Å². The Kier molecular flexibility index (Phi) is 3.36. The van der Waals surface area contributed by atoms with E-state index in [0.29, 0.717) is 5.41 Å². The predicted octanol–water partition coefficient (Wildman–Crippen LogP) is 2.25. The van der Waals surface area contributed by atoms with Crippen molar-refractivity contribution in [3.63, 3.8) is 0 Å². The van der Waals surface area contributed by atoms with Crippen LogP contribution < -0.4 is 5.32 Å². The van der Waals surface area contributed by atoms with E-state index in [1.165, 1.54) is 45.3 Å². The monoisotopic (exact) mass is 210 g/mol. The van der Waals surface area contributed by atoms with Crippen molar-refractivity contribution in [1.29, 1.82) is 0 Å². The number of rotatable bonds is 4. The van der Waals surface area contributed by atoms with Gasteiger partial charge in [0.1, 0.15) is 0 Å². The molecule has 1 aliphatic heterocycles. The molecular weight excluding hydrogens is 184 g/mol. The van der Waals surface area contributed by atoms with Gasteiger partial charge in [-0.1, -0.05) is 6.92 Å². The van der Waals surface area contributed by atoms with Crippen LogP contribution in [0.25, 0.3) is 0 Å². The molecule has 0 aromatic heterocycles. The summed E-state index contributed by atoms with van der Waals surface area (Å²) in [5.41, 5.74) is 0.662. The minimum absolute atomic E-state index is 0.662. The summed E-state index contributed by atoms with van der Waals surface area (Å²) in [6.45, 7) is 10.8. The first-order valence-electron chi connectivity index (χ1n) is 6.56. The number of nitrogens with zero attached hydrogens (tertiary/aromatic N) is 1. The fourth-order valence-corrected chi connectivity index (χ4v) is 2.40. The molecule has 15 heavy (non-hydrogen) atoms. The maximum Gasteiger partial charge on any atom is 0.00916 e. The van der Waals surface area contributed by atoms with Crippen LogP contribution >= 0.6 is 0 Å². The third-order valence-corrected chi connectivity index (χ3v) is 4.18. The third kappa shape index (κ3) is 3.18. The predicted molar refractivity (Wildman–Crippen MR) is 65.1 cm³/mol. The fraction of sp³-hybridized carbons (Fsp3) is 1.00. The molecule has 0 unspecified atom stereocenters. The first kappa shape index (κ1) is 11.4. The van der Waals surface area contributed by atoms with Gasteiger partial charge in [0.15, 0.2) is 0 Å². The molecule has 2 heteroatoms. The Balaban J connectivity index is 1.65. The first-order valence-corrected chi connectivity index (χ1v) is 6.56. The molecule has 1 N–H and O–H groups in total. The average molecular weight is 210 g/mol. The maximum absolute atomic E-state index is 3.76. The third-order valence-electron chi connectivity index (χ3n) is 4.18. The van der Waals surface area contributed by atoms with Crippen molar-refractivity contribution >= 4 is 0 Å². The minimum Gasteiger partial charge on any atom is -0.313 e. The lowest BCUT2D eigenvalue weighted by molar-refractivity contribution is 0.159. The highest BCUT2D eigenvalue weighted by atomic mass is 15.2. The second-order valence-electron chi connectivity index (χ2n) is 6.10. The Hall–Kier alpha value is -0.0800. The Morgan fingerprint density at radius 1 is 1.27 bits per heavy atom. The van der Waals surface area contributed by atoms with Gasteiger partial charge >= 0.3 is 0 Å². The highest BCUT2D eigenvalue weighted by Crippen LogP contribution is 2.44. The molecule has 1 saturated carbocycles. The van der Waals surface area contributed by atoms with E-state index >= 15 is 0 Å². The Morgan fingerprint density at radius 2 is 1.87 bits per heavy atom. The molecule has 1 saturated heterocycles. The molecule has 0 bridgehead atoms. The summed E-state index contributed by atoms with van der Waals surface area (Å²) in [7, 11) is 0. The van der Waals surface area contributed by atoms with Gasteiger partial charge < -0.3 is 10.2 Å². The summed E-state index contributed by atoms with van der Waals surface area (Å²) in [6.07, 6.45) is 5.55. The first-order chi connectivity index (χ1) is 7.09. The summed E-state index contributed by atoms with van der Waals surface area (Å²) < 4.78 is 0. The number of piperidine rings is 1. The largest absolute Gasteiger partial charge is 0.313 e. The Bertz CT molecular complexity index is 201. The maximum atomic E-state index is 3.76. The van der Waals surface area contributed by atoms with Gasteiger partial charge in [-0.3, -0.25) is 0 Å². The van der Waals surface area contributed by atoms with E-state index in [0.717, 1.165) is 12.1 Å². The van der Waals surface area contributed by atoms with Crippen LogP contribution in [0.1, 0.15) is 46.5 Å². The van der Waals surface area contributed by atoms with Crippen molar-refractivity contribution in [2.75, 3.05) is 19.6 Å². The lowest BCUT2D eigenvalue weighted by Gasteiger charge is -2.35. The van der Waals surface area contributed by atoms with E-state index in [1.807, 2.05) is 0 Å². The van der Waals surface area contributed by atoms with Gasteiger partial charge in [-0.05, 0) is 58.0 Å². The van der Waals surface area contributed by atoms with Crippen LogP contribution in [-0.4, -0.2) is 36.6 Å². The van der Waals surface area contributed by atoms with Crippen molar-refractivity contribution in [2.24, 2.45) is 5.41 Å². The van der Waals surface area contributed by atoms with E-state index in [9.17, 15) is 0 Å². The molecule has 0 aromatic rings. The van der Waals surface area contributed by atoms with Gasteiger partial charge in [-0.2, -0.15) is 0 Å². The molecule has 2 rings (SSSR count). The standard InChI is InChI=1S/C13H26N2/c1-11(2)15-8-4-12(5-9-15)14-10-13(3)6-7-13/h11-12,14H,4-10H2,1-3H3. The highest BCUT2D eigenvalue weighted by Gasteiger charge is 2.37. The van der Waals surface area contributed by atoms with Crippen LogP contribution in [0.5, 0.6) is 0 Å². The van der Waals surface area contributed by atoms with Crippen LogP contribution in [0, 0.1) is 5.41 Å². The molecule has 88 valence electrons. The fourth-order valence-electron chi connectivity index (χ4n) is 2.40. The Morgan fingerprint density at radius 3 is 2.33 bits per heavy atom. The van der Waals surface area contributed by atoms with Crippen molar-refractivity contribution in [2.45, 2.75) is 58.5 Å². The molecule has 0 atom stereocenters. The summed E-state index contributed by atoms with van der Waals surface area (Å²) in [5.74, 6) is 0. The van der Waals surface area contributed by atoms with Crippen LogP contribution in [-0.2, 0) is 0 Å². The molecule has 0 radical (unpaired) electrons. The molecule has 2 aliphatic rings. The van der Waals surface area contributed by atoms with Gasteiger partial charge in [-0.25, -0.2) is 0 Å². The number of hydrogen-bond donors (Lipinski definition) is 1. The molecule has 2 nitrogen and oxygen atoms in total. The van der Waals surface area contributed by atoms with Crippen molar-refractivity contribution in [3.8, 4) is 0 Å². The number of nitrogens with one attached hydrogen (secondary N) is 1. The van der Waals surface area contributed by atoms with E-state index in [1.54, 1.807) is 0 Å². The second kappa shape index (κ2) is 4.42. The minimum atomic E-state index is 0.662. The molecule has 0 aromatic carbocycles. The van der Waals surface area contributed by atoms with Crippen molar-refractivity contribution in [1.82, 2.24) is 10.2 Å². The van der Waals surface area contributed by atoms with E-state index in [4.69, 9.17) is 0 Å². The van der Waals surface area contributed by atoms with Crippen molar-refractivity contribution < 1.29 is 0 Å². The van der Waals surface area contributed by atoms with Crippen molar-refractivity contribution in [3.05, 3.63) is 0 Å². The molecule has 0 amide bonds. The zero-order valence-electron chi connectivity index (χ0n) is 10.6. The molecular formula is C13H26N2. The molecule has 1 aliphatic carbocycles. The highest BCUT2D eigenvalue weighted by molar-refractivity contribution is 4.92. The van der Waals surface area contributed by atoms with E-state index in [-0.39, 0.29) is 0 Å². The van der Waals surface area contributed by atoms with Crippen LogP contribution in [0.2, 0.25) is 0 Å². The summed E-state index contributed by atoms with van der Waals surface area (Å²) in [4.78, 5) is 2.59. The van der Waals surface area contributed by atoms with Gasteiger partial charge in [0, 0.05) is 18.6 Å². The van der Waals surface area contributed by atoms with Crippen LogP contribution in [0.15, 0.2) is 0 Å². The van der Waals surface area contributed by atoms with Crippen LogP contribution in [0.3, 0.4) is 0 Å². The van der Waals surface area contributed by atoms with E-state index < -0.39 is 0 Å². The summed E-state index contributed by atoms with van der Waals surface area (Å²) in [6, 6.07) is 1.52. The lowest BCUT2D eigenvalue weighted by Crippen LogP contribution is -2.46. The zero-order valence-corrected chi connectivity index (χ0v) is 10.6. The van der Waals surface area contributed by atoms with Crippen LogP contribution in [0.4, 0.5) is 0 Å². The van der Waals surface area contributed by atoms with E-state index in [2.05, 4.69) is 31.0 Å². The topological polar surface area (TPSA) is 15.3 Å². The second-order valence-corrected chi connectivity index (χ2v) is 6.10. The van der Waals surface area contributed by atoms with Gasteiger partial charge in [0.25, 0.3) is 0 Å². The summed E-state index contributed by atoms with van der Waals surface area (Å²) in [5, 5.41) is 3.76. The lowest BCUT2D eigenvalue weighted by atomic mass is 10.0. The molecule has 2 fully saturated rings. The zero-order chi connectivity index (χ0) is 10.9. The number of likely N-dealkylation sites (tertiary alicyclic amines) is 1. The summed E-state index contributed by atoms with van der Waals surface area (Å²) >= 11 is 0.